The summed E-state index contributed by atoms with van der Waals surface area (Å²) in [5.41, 5.74) is 1.42. The molecule has 6 heteroatoms. The lowest BCUT2D eigenvalue weighted by atomic mass is 9.91. The number of piperidine rings is 1. The minimum Gasteiger partial charge on any atom is -0.481 e. The molecule has 0 bridgehead atoms. The standard InChI is InChI=1S/C23H26N2O4/c1-16(23(28)29)20(17-8-4-2-5-9-17)24-21(26)18-12-14-25(15-13-18)22(27)19-10-6-3-7-11-19/h2-11,16,18,20H,12-15H2,1H3,(H,24,26)(H,28,29). The maximum absolute atomic E-state index is 12.8. The lowest BCUT2D eigenvalue weighted by Crippen LogP contribution is -2.45. The van der Waals surface area contributed by atoms with E-state index in [1.807, 2.05) is 48.5 Å². The molecular formula is C23H26N2O4. The normalized spacial score (nSPS) is 16.7. The van der Waals surface area contributed by atoms with Gasteiger partial charge in [-0.3, -0.25) is 14.4 Å². The fourth-order valence-electron chi connectivity index (χ4n) is 3.68. The fraction of sp³-hybridized carbons (Fsp3) is 0.348. The summed E-state index contributed by atoms with van der Waals surface area (Å²) in [6.07, 6.45) is 1.13. The van der Waals surface area contributed by atoms with Crippen molar-refractivity contribution in [1.82, 2.24) is 10.2 Å². The van der Waals surface area contributed by atoms with Gasteiger partial charge >= 0.3 is 5.97 Å². The molecule has 0 saturated carbocycles. The summed E-state index contributed by atoms with van der Waals surface area (Å²) in [6.45, 7) is 2.62. The second kappa shape index (κ2) is 9.37. The van der Waals surface area contributed by atoms with E-state index >= 15 is 0 Å². The van der Waals surface area contributed by atoms with Crippen LogP contribution in [0.2, 0.25) is 0 Å². The number of aliphatic carboxylic acids is 1. The Hall–Kier alpha value is -3.15. The molecule has 6 nitrogen and oxygen atoms in total. The van der Waals surface area contributed by atoms with E-state index in [9.17, 15) is 19.5 Å². The molecule has 152 valence electrons. The number of carbonyl (C=O) groups is 3. The van der Waals surface area contributed by atoms with Gasteiger partial charge in [-0.2, -0.15) is 0 Å². The van der Waals surface area contributed by atoms with E-state index in [0.29, 0.717) is 31.5 Å². The van der Waals surface area contributed by atoms with Gasteiger partial charge < -0.3 is 15.3 Å². The van der Waals surface area contributed by atoms with Gasteiger partial charge in [0.05, 0.1) is 12.0 Å². The monoisotopic (exact) mass is 394 g/mol. The number of carbonyl (C=O) groups excluding carboxylic acids is 2. The number of carboxylic acids is 1. The molecule has 2 aromatic carbocycles. The third-order valence-corrected chi connectivity index (χ3v) is 5.52. The molecular weight excluding hydrogens is 368 g/mol. The highest BCUT2D eigenvalue weighted by Gasteiger charge is 2.32. The highest BCUT2D eigenvalue weighted by Crippen LogP contribution is 2.25. The summed E-state index contributed by atoms with van der Waals surface area (Å²) >= 11 is 0. The lowest BCUT2D eigenvalue weighted by Gasteiger charge is -2.33. The van der Waals surface area contributed by atoms with Crippen molar-refractivity contribution >= 4 is 17.8 Å². The molecule has 2 unspecified atom stereocenters. The van der Waals surface area contributed by atoms with Crippen LogP contribution in [0.25, 0.3) is 0 Å². The highest BCUT2D eigenvalue weighted by atomic mass is 16.4. The van der Waals surface area contributed by atoms with Gasteiger partial charge in [0.15, 0.2) is 0 Å². The number of likely N-dealkylation sites (tertiary alicyclic amines) is 1. The summed E-state index contributed by atoms with van der Waals surface area (Å²) in [4.78, 5) is 38.7. The van der Waals surface area contributed by atoms with Crippen LogP contribution < -0.4 is 5.32 Å². The van der Waals surface area contributed by atoms with Gasteiger partial charge in [-0.25, -0.2) is 0 Å². The lowest BCUT2D eigenvalue weighted by molar-refractivity contribution is -0.142. The molecule has 0 aromatic heterocycles. The molecule has 2 aromatic rings. The van der Waals surface area contributed by atoms with E-state index in [0.717, 1.165) is 5.56 Å². The van der Waals surface area contributed by atoms with Crippen LogP contribution in [0.1, 0.15) is 41.7 Å². The largest absolute Gasteiger partial charge is 0.481 e. The van der Waals surface area contributed by atoms with Crippen molar-refractivity contribution in [3.05, 3.63) is 71.8 Å². The average Bonchev–Trinajstić information content (AvgIpc) is 2.77. The third-order valence-electron chi connectivity index (χ3n) is 5.52. The summed E-state index contributed by atoms with van der Waals surface area (Å²) in [6, 6.07) is 17.7. The number of rotatable bonds is 6. The number of hydrogen-bond acceptors (Lipinski definition) is 3. The van der Waals surface area contributed by atoms with Gasteiger partial charge in [0.1, 0.15) is 0 Å². The molecule has 3 rings (SSSR count). The molecule has 29 heavy (non-hydrogen) atoms. The Morgan fingerprint density at radius 2 is 1.52 bits per heavy atom. The zero-order chi connectivity index (χ0) is 20.8. The van der Waals surface area contributed by atoms with E-state index < -0.39 is 17.9 Å². The Kier molecular flexibility index (Phi) is 6.65. The maximum Gasteiger partial charge on any atom is 0.308 e. The third kappa shape index (κ3) is 5.02. The Morgan fingerprint density at radius 1 is 0.966 bits per heavy atom. The number of nitrogens with zero attached hydrogens (tertiary/aromatic N) is 1. The Balaban J connectivity index is 1.62. The van der Waals surface area contributed by atoms with E-state index in [4.69, 9.17) is 0 Å². The van der Waals surface area contributed by atoms with Gasteiger partial charge in [-0.1, -0.05) is 48.5 Å². The minimum atomic E-state index is -0.956. The van der Waals surface area contributed by atoms with Gasteiger partial charge in [0, 0.05) is 24.6 Å². The first-order chi connectivity index (χ1) is 14.0. The van der Waals surface area contributed by atoms with Crippen LogP contribution in [0, 0.1) is 11.8 Å². The van der Waals surface area contributed by atoms with Crippen LogP contribution in [0.15, 0.2) is 60.7 Å². The molecule has 2 amide bonds. The van der Waals surface area contributed by atoms with Gasteiger partial charge in [-0.15, -0.1) is 0 Å². The molecule has 1 aliphatic heterocycles. The molecule has 2 N–H and O–H groups in total. The zero-order valence-corrected chi connectivity index (χ0v) is 16.5. The van der Waals surface area contributed by atoms with E-state index in [2.05, 4.69) is 5.32 Å². The smallest absolute Gasteiger partial charge is 0.308 e. The van der Waals surface area contributed by atoms with Crippen molar-refractivity contribution in [3.8, 4) is 0 Å². The van der Waals surface area contributed by atoms with Crippen molar-refractivity contribution in [1.29, 1.82) is 0 Å². The van der Waals surface area contributed by atoms with Crippen molar-refractivity contribution in [2.75, 3.05) is 13.1 Å². The SMILES string of the molecule is CC(C(=O)O)C(NC(=O)C1CCN(C(=O)c2ccccc2)CC1)c1ccccc1. The predicted molar refractivity (Wildman–Crippen MR) is 109 cm³/mol. The number of benzene rings is 2. The van der Waals surface area contributed by atoms with Crippen molar-refractivity contribution < 1.29 is 19.5 Å². The van der Waals surface area contributed by atoms with Crippen LogP contribution in [0.4, 0.5) is 0 Å². The Morgan fingerprint density at radius 3 is 2.07 bits per heavy atom. The molecule has 0 aliphatic carbocycles. The van der Waals surface area contributed by atoms with Gasteiger partial charge in [0.25, 0.3) is 5.91 Å². The first kappa shape index (κ1) is 20.6. The number of nitrogens with one attached hydrogen (secondary N) is 1. The first-order valence-corrected chi connectivity index (χ1v) is 9.90. The van der Waals surface area contributed by atoms with E-state index in [-0.39, 0.29) is 17.7 Å². The topological polar surface area (TPSA) is 86.7 Å². The number of hydrogen-bond donors (Lipinski definition) is 2. The van der Waals surface area contributed by atoms with Crippen LogP contribution in [0.3, 0.4) is 0 Å². The van der Waals surface area contributed by atoms with Crippen LogP contribution in [-0.2, 0) is 9.59 Å². The Bertz CT molecular complexity index is 846. The summed E-state index contributed by atoms with van der Waals surface area (Å²) < 4.78 is 0. The summed E-state index contributed by atoms with van der Waals surface area (Å²) in [5, 5.41) is 12.4. The average molecular weight is 394 g/mol. The van der Waals surface area contributed by atoms with Crippen LogP contribution in [0.5, 0.6) is 0 Å². The number of carboxylic acid groups (broad SMARTS) is 1. The van der Waals surface area contributed by atoms with Crippen molar-refractivity contribution in [2.45, 2.75) is 25.8 Å². The fourth-order valence-corrected chi connectivity index (χ4v) is 3.68. The van der Waals surface area contributed by atoms with Crippen LogP contribution in [-0.4, -0.2) is 40.9 Å². The minimum absolute atomic E-state index is 0.0221. The second-order valence-corrected chi connectivity index (χ2v) is 7.46. The van der Waals surface area contributed by atoms with Crippen molar-refractivity contribution in [3.63, 3.8) is 0 Å². The van der Waals surface area contributed by atoms with Crippen LogP contribution >= 0.6 is 0 Å². The Labute approximate surface area is 170 Å². The zero-order valence-electron chi connectivity index (χ0n) is 16.5. The molecule has 1 saturated heterocycles. The number of amides is 2. The summed E-state index contributed by atoms with van der Waals surface area (Å²) in [7, 11) is 0. The molecule has 2 atom stereocenters. The summed E-state index contributed by atoms with van der Waals surface area (Å²) in [5.74, 6) is -2.12. The quantitative estimate of drug-likeness (QED) is 0.788. The first-order valence-electron chi connectivity index (χ1n) is 9.90. The van der Waals surface area contributed by atoms with Gasteiger partial charge in [0.2, 0.25) is 5.91 Å². The van der Waals surface area contributed by atoms with Gasteiger partial charge in [-0.05, 0) is 37.5 Å². The molecule has 1 fully saturated rings. The molecule has 1 aliphatic rings. The highest BCUT2D eigenvalue weighted by molar-refractivity contribution is 5.94. The molecule has 0 spiro atoms. The van der Waals surface area contributed by atoms with Crippen molar-refractivity contribution in [2.24, 2.45) is 11.8 Å². The molecule has 1 heterocycles. The molecule has 0 radical (unpaired) electrons. The van der Waals surface area contributed by atoms with E-state index in [1.165, 1.54) is 0 Å². The maximum atomic E-state index is 12.8. The predicted octanol–water partition coefficient (Wildman–Crippen LogP) is 3.12. The second-order valence-electron chi connectivity index (χ2n) is 7.46. The van der Waals surface area contributed by atoms with E-state index in [1.54, 1.807) is 24.0 Å².